The zero-order valence-corrected chi connectivity index (χ0v) is 9.25. The molecule has 1 fully saturated rings. The first kappa shape index (κ1) is 11.5. The van der Waals surface area contributed by atoms with Crippen molar-refractivity contribution in [2.24, 2.45) is 17.8 Å². The Labute approximate surface area is 84.2 Å². The molecule has 1 aliphatic rings. The average Bonchev–Trinajstić information content (AvgIpc) is 2.01. The normalized spacial score (nSPS) is 31.6. The highest BCUT2D eigenvalue weighted by molar-refractivity contribution is 7.91. The second-order valence-corrected chi connectivity index (χ2v) is 6.48. The van der Waals surface area contributed by atoms with Crippen LogP contribution in [-0.4, -0.2) is 31.0 Å². The summed E-state index contributed by atoms with van der Waals surface area (Å²) in [5.41, 5.74) is 0. The number of rotatable bonds is 2. The molecule has 5 heteroatoms. The second-order valence-electron chi connectivity index (χ2n) is 4.26. The molecule has 0 aromatic carbocycles. The van der Waals surface area contributed by atoms with E-state index in [2.05, 4.69) is 0 Å². The van der Waals surface area contributed by atoms with Gasteiger partial charge in [0.05, 0.1) is 17.4 Å². The summed E-state index contributed by atoms with van der Waals surface area (Å²) in [6, 6.07) is 0. The number of sulfone groups is 1. The zero-order valence-electron chi connectivity index (χ0n) is 8.43. The fourth-order valence-corrected chi connectivity index (χ4v) is 3.96. The zero-order chi connectivity index (χ0) is 10.9. The van der Waals surface area contributed by atoms with Crippen LogP contribution in [0.5, 0.6) is 0 Å². The van der Waals surface area contributed by atoms with Crippen LogP contribution in [0.15, 0.2) is 0 Å². The van der Waals surface area contributed by atoms with Gasteiger partial charge in [-0.25, -0.2) is 8.42 Å². The Bertz CT molecular complexity index is 318. The van der Waals surface area contributed by atoms with Crippen molar-refractivity contribution in [3.8, 4) is 0 Å². The Balaban J connectivity index is 2.86. The van der Waals surface area contributed by atoms with E-state index in [4.69, 9.17) is 5.11 Å². The van der Waals surface area contributed by atoms with Crippen molar-refractivity contribution in [1.82, 2.24) is 0 Å². The van der Waals surface area contributed by atoms with Gasteiger partial charge in [0.2, 0.25) is 0 Å². The molecular formula is C9H16O4S. The van der Waals surface area contributed by atoms with Crippen molar-refractivity contribution in [3.05, 3.63) is 0 Å². The summed E-state index contributed by atoms with van der Waals surface area (Å²) in [5, 5.41) is 8.93. The number of hydrogen-bond donors (Lipinski definition) is 1. The van der Waals surface area contributed by atoms with Crippen molar-refractivity contribution < 1.29 is 18.3 Å². The van der Waals surface area contributed by atoms with Gasteiger partial charge in [-0.05, 0) is 18.3 Å². The van der Waals surface area contributed by atoms with Crippen LogP contribution in [0, 0.1) is 17.8 Å². The van der Waals surface area contributed by atoms with Gasteiger partial charge in [-0.3, -0.25) is 4.79 Å². The molecule has 0 aromatic heterocycles. The van der Waals surface area contributed by atoms with Crippen LogP contribution in [-0.2, 0) is 14.6 Å². The highest BCUT2D eigenvalue weighted by atomic mass is 32.2. The number of hydrogen-bond acceptors (Lipinski definition) is 3. The molecule has 0 aliphatic carbocycles. The molecule has 82 valence electrons. The third-order valence-electron chi connectivity index (χ3n) is 2.88. The molecule has 1 N–H and O–H groups in total. The van der Waals surface area contributed by atoms with E-state index in [1.165, 1.54) is 0 Å². The molecule has 1 aliphatic heterocycles. The van der Waals surface area contributed by atoms with Crippen LogP contribution < -0.4 is 0 Å². The van der Waals surface area contributed by atoms with Crippen molar-refractivity contribution in [1.29, 1.82) is 0 Å². The van der Waals surface area contributed by atoms with Gasteiger partial charge in [0.15, 0.2) is 9.84 Å². The molecule has 14 heavy (non-hydrogen) atoms. The molecule has 2 unspecified atom stereocenters. The van der Waals surface area contributed by atoms with Gasteiger partial charge >= 0.3 is 5.97 Å². The average molecular weight is 220 g/mol. The van der Waals surface area contributed by atoms with Crippen molar-refractivity contribution in [2.45, 2.75) is 20.3 Å². The summed E-state index contributed by atoms with van der Waals surface area (Å²) in [5.74, 6) is -1.43. The first-order chi connectivity index (χ1) is 6.33. The van der Waals surface area contributed by atoms with Crippen LogP contribution in [0.3, 0.4) is 0 Å². The molecule has 0 bridgehead atoms. The Kier molecular flexibility index (Phi) is 3.19. The van der Waals surface area contributed by atoms with Crippen LogP contribution in [0.2, 0.25) is 0 Å². The topological polar surface area (TPSA) is 71.4 Å². The minimum Gasteiger partial charge on any atom is -0.481 e. The number of carboxylic acid groups (broad SMARTS) is 1. The van der Waals surface area contributed by atoms with Gasteiger partial charge in [-0.1, -0.05) is 13.8 Å². The third-order valence-corrected chi connectivity index (χ3v) is 4.63. The maximum absolute atomic E-state index is 11.3. The molecule has 0 spiro atoms. The van der Waals surface area contributed by atoms with Gasteiger partial charge in [0.25, 0.3) is 0 Å². The lowest BCUT2D eigenvalue weighted by atomic mass is 9.83. The predicted molar refractivity (Wildman–Crippen MR) is 52.7 cm³/mol. The highest BCUT2D eigenvalue weighted by Crippen LogP contribution is 2.30. The molecule has 0 saturated carbocycles. The Morgan fingerprint density at radius 3 is 2.43 bits per heavy atom. The smallest absolute Gasteiger partial charge is 0.306 e. The maximum Gasteiger partial charge on any atom is 0.306 e. The molecule has 2 atom stereocenters. The molecular weight excluding hydrogens is 204 g/mol. The lowest BCUT2D eigenvalue weighted by Gasteiger charge is -2.31. The number of aliphatic carboxylic acids is 1. The minimum absolute atomic E-state index is 0.0210. The lowest BCUT2D eigenvalue weighted by Crippen LogP contribution is -2.39. The molecule has 0 amide bonds. The summed E-state index contributed by atoms with van der Waals surface area (Å²) in [6.45, 7) is 3.75. The van der Waals surface area contributed by atoms with Gasteiger partial charge in [0, 0.05) is 0 Å². The summed E-state index contributed by atoms with van der Waals surface area (Å²) < 4.78 is 22.7. The van der Waals surface area contributed by atoms with E-state index in [0.717, 1.165) is 0 Å². The summed E-state index contributed by atoms with van der Waals surface area (Å²) in [6.07, 6.45) is 0.264. The number of carbonyl (C=O) groups is 1. The van der Waals surface area contributed by atoms with E-state index < -0.39 is 21.7 Å². The SMILES string of the molecule is CC(C)C1CS(=O)(=O)CCC1C(=O)O. The summed E-state index contributed by atoms with van der Waals surface area (Å²) in [7, 11) is -3.01. The monoisotopic (exact) mass is 220 g/mol. The van der Waals surface area contributed by atoms with Crippen LogP contribution >= 0.6 is 0 Å². The molecule has 0 aromatic rings. The van der Waals surface area contributed by atoms with Crippen LogP contribution in [0.4, 0.5) is 0 Å². The lowest BCUT2D eigenvalue weighted by molar-refractivity contribution is -0.144. The molecule has 1 rings (SSSR count). The van der Waals surface area contributed by atoms with E-state index >= 15 is 0 Å². The van der Waals surface area contributed by atoms with Gasteiger partial charge < -0.3 is 5.11 Å². The standard InChI is InChI=1S/C9H16O4S/c1-6(2)8-5-14(12,13)4-3-7(8)9(10)11/h6-8H,3-5H2,1-2H3,(H,10,11). The first-order valence-electron chi connectivity index (χ1n) is 4.76. The molecule has 4 nitrogen and oxygen atoms in total. The van der Waals surface area contributed by atoms with E-state index in [-0.39, 0.29) is 29.8 Å². The van der Waals surface area contributed by atoms with E-state index in [1.807, 2.05) is 13.8 Å². The summed E-state index contributed by atoms with van der Waals surface area (Å²) in [4.78, 5) is 10.9. The Morgan fingerprint density at radius 2 is 2.00 bits per heavy atom. The number of carboxylic acids is 1. The van der Waals surface area contributed by atoms with Gasteiger partial charge in [0.1, 0.15) is 0 Å². The first-order valence-corrected chi connectivity index (χ1v) is 6.59. The second kappa shape index (κ2) is 3.88. The predicted octanol–water partition coefficient (Wildman–Crippen LogP) is 0.778. The molecule has 1 saturated heterocycles. The van der Waals surface area contributed by atoms with E-state index in [1.54, 1.807) is 0 Å². The van der Waals surface area contributed by atoms with Crippen LogP contribution in [0.25, 0.3) is 0 Å². The molecule has 1 heterocycles. The largest absolute Gasteiger partial charge is 0.481 e. The van der Waals surface area contributed by atoms with Crippen molar-refractivity contribution >= 4 is 15.8 Å². The van der Waals surface area contributed by atoms with E-state index in [9.17, 15) is 13.2 Å². The minimum atomic E-state index is -3.01. The third kappa shape index (κ3) is 2.47. The van der Waals surface area contributed by atoms with Crippen molar-refractivity contribution in [3.63, 3.8) is 0 Å². The van der Waals surface area contributed by atoms with E-state index in [0.29, 0.717) is 0 Å². The van der Waals surface area contributed by atoms with Crippen LogP contribution in [0.1, 0.15) is 20.3 Å². The Hall–Kier alpha value is -0.580. The Morgan fingerprint density at radius 1 is 1.43 bits per heavy atom. The molecule has 0 radical (unpaired) electrons. The fourth-order valence-electron chi connectivity index (χ4n) is 1.98. The quantitative estimate of drug-likeness (QED) is 0.746. The summed E-state index contributed by atoms with van der Waals surface area (Å²) >= 11 is 0. The van der Waals surface area contributed by atoms with Gasteiger partial charge in [-0.2, -0.15) is 0 Å². The maximum atomic E-state index is 11.3. The van der Waals surface area contributed by atoms with Gasteiger partial charge in [-0.15, -0.1) is 0 Å². The highest BCUT2D eigenvalue weighted by Gasteiger charge is 2.38. The van der Waals surface area contributed by atoms with Crippen molar-refractivity contribution in [2.75, 3.05) is 11.5 Å². The fraction of sp³-hybridized carbons (Fsp3) is 0.889.